The fraction of sp³-hybridized carbons (Fsp3) is 0.636. The van der Waals surface area contributed by atoms with Crippen LogP contribution in [0.2, 0.25) is 0 Å². The predicted molar refractivity (Wildman–Crippen MR) is 62.2 cm³/mol. The van der Waals surface area contributed by atoms with Gasteiger partial charge in [-0.2, -0.15) is 5.10 Å². The van der Waals surface area contributed by atoms with E-state index in [1.807, 2.05) is 20.8 Å². The van der Waals surface area contributed by atoms with E-state index in [1.54, 1.807) is 0 Å². The van der Waals surface area contributed by atoms with Crippen molar-refractivity contribution in [2.45, 2.75) is 20.8 Å². The van der Waals surface area contributed by atoms with Gasteiger partial charge in [-0.1, -0.05) is 6.92 Å². The van der Waals surface area contributed by atoms with Gasteiger partial charge < -0.3 is 10.6 Å². The minimum Gasteiger partial charge on any atom is -0.323 e. The Morgan fingerprint density at radius 1 is 1.50 bits per heavy atom. The number of nitrogens with one attached hydrogen (secondary N) is 3. The summed E-state index contributed by atoms with van der Waals surface area (Å²) >= 11 is 0. The van der Waals surface area contributed by atoms with Crippen LogP contribution in [0.15, 0.2) is 0 Å². The van der Waals surface area contributed by atoms with Crippen LogP contribution in [0.25, 0.3) is 0 Å². The number of aromatic nitrogens is 2. The molecule has 0 aliphatic carbocycles. The van der Waals surface area contributed by atoms with Crippen LogP contribution in [-0.2, 0) is 4.79 Å². The number of H-pyrrole nitrogens is 1. The molecule has 1 aromatic heterocycles. The minimum absolute atomic E-state index is 0.0509. The molecule has 0 radical (unpaired) electrons. The third-order valence-electron chi connectivity index (χ3n) is 3.31. The van der Waals surface area contributed by atoms with Crippen LogP contribution < -0.4 is 10.6 Å². The molecule has 1 atom stereocenters. The second-order valence-corrected chi connectivity index (χ2v) is 4.51. The monoisotopic (exact) mass is 222 g/mol. The Morgan fingerprint density at radius 2 is 2.19 bits per heavy atom. The van der Waals surface area contributed by atoms with Crippen molar-refractivity contribution < 1.29 is 4.79 Å². The van der Waals surface area contributed by atoms with Gasteiger partial charge in [0.2, 0.25) is 5.91 Å². The van der Waals surface area contributed by atoms with Crippen molar-refractivity contribution in [3.05, 3.63) is 11.4 Å². The molecule has 5 heteroatoms. The van der Waals surface area contributed by atoms with Crippen molar-refractivity contribution in [1.29, 1.82) is 0 Å². The third kappa shape index (κ3) is 1.95. The molecule has 0 spiro atoms. The summed E-state index contributed by atoms with van der Waals surface area (Å²) in [6.07, 6.45) is 0. The molecule has 2 heterocycles. The minimum atomic E-state index is 0.0509. The lowest BCUT2D eigenvalue weighted by Crippen LogP contribution is -2.48. The standard InChI is InChI=1S/C11H18N4O/c1-6(9-4-12-5-9)11(16)13-10-7(2)14-15-8(10)3/h6,9,12H,4-5H2,1-3H3,(H,13,16)(H,14,15). The van der Waals surface area contributed by atoms with Gasteiger partial charge in [0.05, 0.1) is 17.1 Å². The molecular weight excluding hydrogens is 204 g/mol. The van der Waals surface area contributed by atoms with Gasteiger partial charge in [0, 0.05) is 5.92 Å². The highest BCUT2D eigenvalue weighted by molar-refractivity contribution is 5.93. The SMILES string of the molecule is Cc1n[nH]c(C)c1NC(=O)C(C)C1CNC1. The van der Waals surface area contributed by atoms with Crippen LogP contribution in [0, 0.1) is 25.7 Å². The first kappa shape index (κ1) is 11.1. The van der Waals surface area contributed by atoms with E-state index < -0.39 is 0 Å². The Hall–Kier alpha value is -1.36. The summed E-state index contributed by atoms with van der Waals surface area (Å²) in [6.45, 7) is 7.65. The van der Waals surface area contributed by atoms with Crippen molar-refractivity contribution in [1.82, 2.24) is 15.5 Å². The van der Waals surface area contributed by atoms with E-state index in [0.29, 0.717) is 5.92 Å². The third-order valence-corrected chi connectivity index (χ3v) is 3.31. The van der Waals surface area contributed by atoms with Crippen LogP contribution in [-0.4, -0.2) is 29.2 Å². The number of anilines is 1. The highest BCUT2D eigenvalue weighted by Crippen LogP contribution is 2.21. The number of aromatic amines is 1. The Bertz CT molecular complexity index is 375. The molecule has 16 heavy (non-hydrogen) atoms. The molecular formula is C11H18N4O. The van der Waals surface area contributed by atoms with E-state index in [2.05, 4.69) is 20.8 Å². The molecule has 2 rings (SSSR count). The van der Waals surface area contributed by atoms with E-state index >= 15 is 0 Å². The Balaban J connectivity index is 2.01. The van der Waals surface area contributed by atoms with Gasteiger partial charge in [-0.25, -0.2) is 0 Å². The quantitative estimate of drug-likeness (QED) is 0.709. The van der Waals surface area contributed by atoms with Gasteiger partial charge in [0.25, 0.3) is 0 Å². The highest BCUT2D eigenvalue weighted by atomic mass is 16.1. The second kappa shape index (κ2) is 4.25. The average molecular weight is 222 g/mol. The van der Waals surface area contributed by atoms with Crippen molar-refractivity contribution in [2.24, 2.45) is 11.8 Å². The van der Waals surface area contributed by atoms with Gasteiger partial charge in [0.1, 0.15) is 0 Å². The van der Waals surface area contributed by atoms with Crippen molar-refractivity contribution in [2.75, 3.05) is 18.4 Å². The Kier molecular flexibility index (Phi) is 2.96. The molecule has 0 bridgehead atoms. The van der Waals surface area contributed by atoms with E-state index in [4.69, 9.17) is 0 Å². The summed E-state index contributed by atoms with van der Waals surface area (Å²) in [6, 6.07) is 0. The van der Waals surface area contributed by atoms with Crippen molar-refractivity contribution in [3.63, 3.8) is 0 Å². The first-order chi connectivity index (χ1) is 7.59. The normalized spacial score (nSPS) is 17.9. The topological polar surface area (TPSA) is 69.8 Å². The molecule has 5 nitrogen and oxygen atoms in total. The number of nitrogens with zero attached hydrogens (tertiary/aromatic N) is 1. The molecule has 1 fully saturated rings. The lowest BCUT2D eigenvalue weighted by molar-refractivity contribution is -0.121. The van der Waals surface area contributed by atoms with Crippen LogP contribution >= 0.6 is 0 Å². The molecule has 88 valence electrons. The fourth-order valence-electron chi connectivity index (χ4n) is 1.85. The number of amides is 1. The zero-order valence-corrected chi connectivity index (χ0v) is 9.92. The molecule has 0 saturated carbocycles. The molecule has 0 aromatic carbocycles. The van der Waals surface area contributed by atoms with Crippen LogP contribution in [0.3, 0.4) is 0 Å². The summed E-state index contributed by atoms with van der Waals surface area (Å²) in [7, 11) is 0. The molecule has 1 saturated heterocycles. The molecule has 1 aliphatic heterocycles. The number of carbonyl (C=O) groups excluding carboxylic acids is 1. The Morgan fingerprint density at radius 3 is 2.62 bits per heavy atom. The molecule has 1 aromatic rings. The molecule has 1 unspecified atom stereocenters. The van der Waals surface area contributed by atoms with E-state index in [9.17, 15) is 4.79 Å². The fourth-order valence-corrected chi connectivity index (χ4v) is 1.85. The van der Waals surface area contributed by atoms with E-state index in [0.717, 1.165) is 30.2 Å². The maximum atomic E-state index is 12.0. The number of carbonyl (C=O) groups is 1. The van der Waals surface area contributed by atoms with E-state index in [-0.39, 0.29) is 11.8 Å². The first-order valence-corrected chi connectivity index (χ1v) is 5.62. The van der Waals surface area contributed by atoms with Crippen molar-refractivity contribution in [3.8, 4) is 0 Å². The first-order valence-electron chi connectivity index (χ1n) is 5.62. The zero-order valence-electron chi connectivity index (χ0n) is 9.92. The summed E-state index contributed by atoms with van der Waals surface area (Å²) < 4.78 is 0. The van der Waals surface area contributed by atoms with Crippen LogP contribution in [0.5, 0.6) is 0 Å². The number of rotatable bonds is 3. The van der Waals surface area contributed by atoms with Gasteiger partial charge >= 0.3 is 0 Å². The van der Waals surface area contributed by atoms with Gasteiger partial charge in [-0.3, -0.25) is 9.89 Å². The lowest BCUT2D eigenvalue weighted by atomic mass is 9.88. The van der Waals surface area contributed by atoms with Crippen LogP contribution in [0.4, 0.5) is 5.69 Å². The highest BCUT2D eigenvalue weighted by Gasteiger charge is 2.29. The van der Waals surface area contributed by atoms with Gasteiger partial charge in [-0.05, 0) is 32.9 Å². The second-order valence-electron chi connectivity index (χ2n) is 4.51. The number of aryl methyl sites for hydroxylation is 2. The van der Waals surface area contributed by atoms with Crippen molar-refractivity contribution >= 4 is 11.6 Å². The average Bonchev–Trinajstić information content (AvgIpc) is 2.46. The predicted octanol–water partition coefficient (Wildman–Crippen LogP) is 0.821. The summed E-state index contributed by atoms with van der Waals surface area (Å²) in [5, 5.41) is 13.0. The maximum Gasteiger partial charge on any atom is 0.227 e. The number of hydrogen-bond acceptors (Lipinski definition) is 3. The summed E-state index contributed by atoms with van der Waals surface area (Å²) in [5.74, 6) is 0.599. The number of hydrogen-bond donors (Lipinski definition) is 3. The Labute approximate surface area is 95.0 Å². The zero-order chi connectivity index (χ0) is 11.7. The summed E-state index contributed by atoms with van der Waals surface area (Å²) in [4.78, 5) is 12.0. The lowest BCUT2D eigenvalue weighted by Gasteiger charge is -2.31. The molecule has 1 amide bonds. The largest absolute Gasteiger partial charge is 0.323 e. The van der Waals surface area contributed by atoms with E-state index in [1.165, 1.54) is 0 Å². The molecule has 3 N–H and O–H groups in total. The molecule has 1 aliphatic rings. The summed E-state index contributed by atoms with van der Waals surface area (Å²) in [5.41, 5.74) is 2.57. The smallest absolute Gasteiger partial charge is 0.227 e. The van der Waals surface area contributed by atoms with Crippen LogP contribution in [0.1, 0.15) is 18.3 Å². The van der Waals surface area contributed by atoms with Gasteiger partial charge in [0.15, 0.2) is 0 Å². The van der Waals surface area contributed by atoms with Gasteiger partial charge in [-0.15, -0.1) is 0 Å². The maximum absolute atomic E-state index is 12.0.